The number of ether oxygens (including phenoxy) is 2. The van der Waals surface area contributed by atoms with Crippen molar-refractivity contribution in [2.45, 2.75) is 110 Å². The number of hydrogen-bond acceptors (Lipinski definition) is 9. The van der Waals surface area contributed by atoms with Gasteiger partial charge in [-0.2, -0.15) is 0 Å². The monoisotopic (exact) mass is 714 g/mol. The summed E-state index contributed by atoms with van der Waals surface area (Å²) in [5, 5.41) is 10.6. The maximum Gasteiger partial charge on any atom is 0.408 e. The number of benzene rings is 1. The number of alkyl carbamates (subject to hydrolysis) is 1. The van der Waals surface area contributed by atoms with Crippen molar-refractivity contribution in [3.8, 4) is 0 Å². The Morgan fingerprint density at radius 3 is 2.18 bits per heavy atom. The molecule has 1 fully saturated rings. The molecule has 1 aliphatic heterocycles. The Hall–Kier alpha value is -4.95. The molecule has 0 radical (unpaired) electrons. The number of hydrogen-bond donors (Lipinski definition) is 5. The lowest BCUT2D eigenvalue weighted by Crippen LogP contribution is -2.59. The standard InChI is InChI=1S/C36H54N6O9/c1-7-50-29(43)18-12-11-16-26(40-36(49)51-21-25-14-9-8-10-15-25)32(45)41-30(23(4)5)35(48)42-19-13-17-28(42)34(47)39-27(20-22(2)3)33(46)38-24(6)31(37)44/h8-10,12,14-15,18,22-24,26-28,30H,7,11,13,16-17,19-21H2,1-6H3,(H2,37,44)(H,38,46)(H,39,47)(H,40,49)(H,41,45)/b18-12+/t24-,26-,27-,28-,30-/m0/s1. The Kier molecular flexibility index (Phi) is 17.6. The summed E-state index contributed by atoms with van der Waals surface area (Å²) in [6, 6.07) is 3.99. The summed E-state index contributed by atoms with van der Waals surface area (Å²) < 4.78 is 10.2. The maximum atomic E-state index is 14.0. The lowest BCUT2D eigenvalue weighted by atomic mass is 10.00. The highest BCUT2D eigenvalue weighted by Crippen LogP contribution is 2.21. The van der Waals surface area contributed by atoms with Gasteiger partial charge in [0.05, 0.1) is 6.61 Å². The summed E-state index contributed by atoms with van der Waals surface area (Å²) in [5.74, 6) is -3.89. The van der Waals surface area contributed by atoms with Gasteiger partial charge in [0.1, 0.15) is 36.8 Å². The minimum Gasteiger partial charge on any atom is -0.463 e. The van der Waals surface area contributed by atoms with E-state index >= 15 is 0 Å². The second-order valence-electron chi connectivity index (χ2n) is 13.2. The topological polar surface area (TPSA) is 215 Å². The van der Waals surface area contributed by atoms with E-state index in [0.29, 0.717) is 12.8 Å². The van der Waals surface area contributed by atoms with Crippen molar-refractivity contribution in [2.75, 3.05) is 13.2 Å². The number of carbonyl (C=O) groups is 7. The van der Waals surface area contributed by atoms with Crippen molar-refractivity contribution in [3.05, 3.63) is 48.0 Å². The van der Waals surface area contributed by atoms with Gasteiger partial charge in [-0.15, -0.1) is 0 Å². The van der Waals surface area contributed by atoms with Gasteiger partial charge in [-0.3, -0.25) is 24.0 Å². The Morgan fingerprint density at radius 1 is 0.902 bits per heavy atom. The second kappa shape index (κ2) is 21.3. The summed E-state index contributed by atoms with van der Waals surface area (Å²) >= 11 is 0. The first kappa shape index (κ1) is 42.2. The number of nitrogens with two attached hydrogens (primary N) is 1. The largest absolute Gasteiger partial charge is 0.463 e. The highest BCUT2D eigenvalue weighted by molar-refractivity contribution is 5.96. The first-order chi connectivity index (χ1) is 24.1. The van der Waals surface area contributed by atoms with E-state index in [9.17, 15) is 33.6 Å². The predicted octanol–water partition coefficient (Wildman–Crippen LogP) is 1.83. The number of likely N-dealkylation sites (tertiary alicyclic amines) is 1. The summed E-state index contributed by atoms with van der Waals surface area (Å²) in [4.78, 5) is 91.6. The number of primary amides is 1. The molecule has 6 amide bonds. The van der Waals surface area contributed by atoms with Crippen LogP contribution in [0.4, 0.5) is 4.79 Å². The summed E-state index contributed by atoms with van der Waals surface area (Å²) in [7, 11) is 0. The first-order valence-corrected chi connectivity index (χ1v) is 17.5. The highest BCUT2D eigenvalue weighted by atomic mass is 16.5. The number of rotatable bonds is 19. The van der Waals surface area contributed by atoms with Gasteiger partial charge in [0.2, 0.25) is 29.5 Å². The molecule has 0 saturated carbocycles. The quantitative estimate of drug-likeness (QED) is 0.104. The number of amides is 6. The molecular formula is C36H54N6O9. The Bertz CT molecular complexity index is 1380. The number of nitrogens with one attached hydrogen (secondary N) is 4. The second-order valence-corrected chi connectivity index (χ2v) is 13.2. The van der Waals surface area contributed by atoms with Gasteiger partial charge >= 0.3 is 12.1 Å². The van der Waals surface area contributed by atoms with Gasteiger partial charge in [-0.05, 0) is 63.4 Å². The molecule has 0 aliphatic carbocycles. The zero-order valence-corrected chi connectivity index (χ0v) is 30.4. The van der Waals surface area contributed by atoms with Crippen LogP contribution in [-0.4, -0.2) is 89.9 Å². The molecule has 282 valence electrons. The number of esters is 1. The van der Waals surface area contributed by atoms with Crippen LogP contribution in [0, 0.1) is 11.8 Å². The van der Waals surface area contributed by atoms with Crippen LogP contribution in [0.25, 0.3) is 0 Å². The van der Waals surface area contributed by atoms with E-state index in [-0.39, 0.29) is 44.9 Å². The Morgan fingerprint density at radius 2 is 1.57 bits per heavy atom. The van der Waals surface area contributed by atoms with Crippen molar-refractivity contribution in [3.63, 3.8) is 0 Å². The molecule has 6 N–H and O–H groups in total. The Labute approximate surface area is 299 Å². The molecule has 1 aromatic carbocycles. The van der Waals surface area contributed by atoms with Gasteiger partial charge in [0, 0.05) is 12.6 Å². The van der Waals surface area contributed by atoms with E-state index in [4.69, 9.17) is 15.2 Å². The SMILES string of the molecule is CCOC(=O)/C=C/CC[C@H](NC(=O)OCc1ccccc1)C(=O)N[C@H](C(=O)N1CCC[C@H]1C(=O)N[C@@H](CC(C)C)C(=O)N[C@@H](C)C(N)=O)C(C)C. The third-order valence-corrected chi connectivity index (χ3v) is 8.18. The fraction of sp³-hybridized carbons (Fsp3) is 0.583. The maximum absolute atomic E-state index is 14.0. The normalized spacial score (nSPS) is 16.5. The lowest BCUT2D eigenvalue weighted by Gasteiger charge is -2.32. The van der Waals surface area contributed by atoms with E-state index in [1.165, 1.54) is 24.0 Å². The molecule has 1 aromatic rings. The van der Waals surface area contributed by atoms with Crippen LogP contribution in [0.15, 0.2) is 42.5 Å². The average Bonchev–Trinajstić information content (AvgIpc) is 3.57. The number of carbonyl (C=O) groups excluding carboxylic acids is 7. The van der Waals surface area contributed by atoms with Crippen molar-refractivity contribution < 1.29 is 43.0 Å². The van der Waals surface area contributed by atoms with Crippen LogP contribution in [0.2, 0.25) is 0 Å². The molecule has 0 bridgehead atoms. The third kappa shape index (κ3) is 14.4. The van der Waals surface area contributed by atoms with E-state index in [0.717, 1.165) is 5.56 Å². The van der Waals surface area contributed by atoms with Crippen molar-refractivity contribution >= 4 is 41.6 Å². The Balaban J connectivity index is 2.19. The molecule has 2 rings (SSSR count). The minimum atomic E-state index is -1.13. The summed E-state index contributed by atoms with van der Waals surface area (Å²) in [6.07, 6.45) is 3.35. The molecule has 5 atom stereocenters. The molecule has 1 heterocycles. The molecule has 1 aliphatic rings. The van der Waals surface area contributed by atoms with Crippen LogP contribution in [0.3, 0.4) is 0 Å². The van der Waals surface area contributed by atoms with E-state index < -0.39 is 77.7 Å². The van der Waals surface area contributed by atoms with E-state index in [1.54, 1.807) is 45.0 Å². The molecule has 51 heavy (non-hydrogen) atoms. The zero-order valence-electron chi connectivity index (χ0n) is 30.4. The van der Waals surface area contributed by atoms with Crippen molar-refractivity contribution in [2.24, 2.45) is 17.6 Å². The third-order valence-electron chi connectivity index (χ3n) is 8.18. The van der Waals surface area contributed by atoms with Crippen LogP contribution in [0.5, 0.6) is 0 Å². The van der Waals surface area contributed by atoms with Gasteiger partial charge in [0.25, 0.3) is 0 Å². The van der Waals surface area contributed by atoms with Crippen LogP contribution < -0.4 is 27.0 Å². The smallest absolute Gasteiger partial charge is 0.408 e. The van der Waals surface area contributed by atoms with Gasteiger partial charge in [-0.1, -0.05) is 64.1 Å². The molecule has 1 saturated heterocycles. The first-order valence-electron chi connectivity index (χ1n) is 17.5. The predicted molar refractivity (Wildman–Crippen MR) is 188 cm³/mol. The van der Waals surface area contributed by atoms with Crippen LogP contribution in [0.1, 0.15) is 79.2 Å². The fourth-order valence-corrected chi connectivity index (χ4v) is 5.41. The van der Waals surface area contributed by atoms with Gasteiger partial charge in [-0.25, -0.2) is 9.59 Å². The van der Waals surface area contributed by atoms with Crippen molar-refractivity contribution in [1.82, 2.24) is 26.2 Å². The average molecular weight is 715 g/mol. The minimum absolute atomic E-state index is 0.0182. The van der Waals surface area contributed by atoms with Gasteiger partial charge < -0.3 is 41.4 Å². The molecule has 15 heteroatoms. The lowest BCUT2D eigenvalue weighted by molar-refractivity contribution is -0.143. The fourth-order valence-electron chi connectivity index (χ4n) is 5.41. The zero-order chi connectivity index (χ0) is 38.1. The molecule has 0 unspecified atom stereocenters. The van der Waals surface area contributed by atoms with Crippen LogP contribution in [-0.2, 0) is 44.8 Å². The molecule has 15 nitrogen and oxygen atoms in total. The van der Waals surface area contributed by atoms with E-state index in [2.05, 4.69) is 21.3 Å². The molecule has 0 spiro atoms. The highest BCUT2D eigenvalue weighted by Gasteiger charge is 2.40. The molecule has 0 aromatic heterocycles. The van der Waals surface area contributed by atoms with Gasteiger partial charge in [0.15, 0.2) is 0 Å². The summed E-state index contributed by atoms with van der Waals surface area (Å²) in [5.41, 5.74) is 6.04. The van der Waals surface area contributed by atoms with Crippen LogP contribution >= 0.6 is 0 Å². The van der Waals surface area contributed by atoms with E-state index in [1.807, 2.05) is 19.9 Å². The molecular weight excluding hydrogens is 660 g/mol. The van der Waals surface area contributed by atoms with Crippen molar-refractivity contribution in [1.29, 1.82) is 0 Å². The number of nitrogens with zero attached hydrogens (tertiary/aromatic N) is 1. The summed E-state index contributed by atoms with van der Waals surface area (Å²) in [6.45, 7) is 10.8. The number of allylic oxidation sites excluding steroid dienone is 1.